The smallest absolute Gasteiger partial charge is 0.339 e. The Morgan fingerprint density at radius 3 is 2.23 bits per heavy atom. The summed E-state index contributed by atoms with van der Waals surface area (Å²) in [4.78, 5) is -0.270. The van der Waals surface area contributed by atoms with Crippen LogP contribution < -0.4 is 0 Å². The van der Waals surface area contributed by atoms with Gasteiger partial charge in [0.1, 0.15) is 10.7 Å². The van der Waals surface area contributed by atoms with Gasteiger partial charge in [-0.1, -0.05) is 29.8 Å². The minimum Gasteiger partial charge on any atom is -0.373 e. The van der Waals surface area contributed by atoms with E-state index in [9.17, 15) is 21.6 Å². The van der Waals surface area contributed by atoms with Gasteiger partial charge in [-0.05, 0) is 31.2 Å². The first-order valence-electron chi connectivity index (χ1n) is 6.12. The highest BCUT2D eigenvalue weighted by molar-refractivity contribution is 7.87. The first-order chi connectivity index (χ1) is 10.3. The molecule has 0 atom stereocenters. The Kier molecular flexibility index (Phi) is 4.56. The number of hydrogen-bond acceptors (Lipinski definition) is 3. The summed E-state index contributed by atoms with van der Waals surface area (Å²) >= 11 is 0. The average Bonchev–Trinajstić information content (AvgIpc) is 2.45. The van der Waals surface area contributed by atoms with Crippen molar-refractivity contribution in [2.75, 3.05) is 0 Å². The number of hydrogen-bond donors (Lipinski definition) is 0. The summed E-state index contributed by atoms with van der Waals surface area (Å²) in [6.45, 7) is 1.75. The van der Waals surface area contributed by atoms with Crippen molar-refractivity contribution in [3.05, 3.63) is 71.6 Å². The summed E-state index contributed by atoms with van der Waals surface area (Å²) in [5, 5.41) is 0. The highest BCUT2D eigenvalue weighted by Crippen LogP contribution is 2.27. The lowest BCUT2D eigenvalue weighted by Crippen LogP contribution is -2.07. The second-order valence-corrected chi connectivity index (χ2v) is 6.00. The molecule has 0 N–H and O–H groups in total. The maximum atomic E-state index is 13.1. The molecule has 0 aliphatic rings. The summed E-state index contributed by atoms with van der Waals surface area (Å²) in [5.74, 6) is -1.98. The van der Waals surface area contributed by atoms with E-state index >= 15 is 0 Å². The van der Waals surface area contributed by atoms with Gasteiger partial charge < -0.3 is 4.18 Å². The molecule has 0 radical (unpaired) electrons. The van der Waals surface area contributed by atoms with E-state index in [0.717, 1.165) is 23.8 Å². The Balaban J connectivity index is 2.41. The van der Waals surface area contributed by atoms with Crippen molar-refractivity contribution in [1.82, 2.24) is 0 Å². The molecule has 7 heteroatoms. The van der Waals surface area contributed by atoms with Crippen LogP contribution in [0, 0.1) is 12.7 Å². The van der Waals surface area contributed by atoms with Gasteiger partial charge in [-0.3, -0.25) is 0 Å². The monoisotopic (exact) mass is 328 g/mol. The fourth-order valence-electron chi connectivity index (χ4n) is 1.68. The quantitative estimate of drug-likeness (QED) is 0.627. The number of halogens is 3. The average molecular weight is 328 g/mol. The molecule has 0 saturated heterocycles. The van der Waals surface area contributed by atoms with Gasteiger partial charge in [0.15, 0.2) is 0 Å². The number of benzene rings is 2. The van der Waals surface area contributed by atoms with Crippen LogP contribution in [0.15, 0.2) is 59.5 Å². The summed E-state index contributed by atoms with van der Waals surface area (Å²) in [5.41, 5.74) is 0.437. The zero-order valence-electron chi connectivity index (χ0n) is 11.4. The van der Waals surface area contributed by atoms with E-state index in [1.807, 2.05) is 0 Å². The Bertz CT molecular complexity index is 808. The van der Waals surface area contributed by atoms with Crippen LogP contribution in [-0.2, 0) is 14.3 Å². The molecule has 22 heavy (non-hydrogen) atoms. The molecule has 0 aromatic heterocycles. The van der Waals surface area contributed by atoms with Crippen molar-refractivity contribution in [3.8, 4) is 0 Å². The number of aryl methyl sites for hydroxylation is 1. The maximum absolute atomic E-state index is 13.1. The van der Waals surface area contributed by atoms with Crippen molar-refractivity contribution < 1.29 is 25.8 Å². The predicted octanol–water partition coefficient (Wildman–Crippen LogP) is 4.10. The van der Waals surface area contributed by atoms with Gasteiger partial charge >= 0.3 is 16.2 Å². The highest BCUT2D eigenvalue weighted by Gasteiger charge is 2.22. The molecule has 0 fully saturated rings. The molecule has 0 bridgehead atoms. The normalized spacial score (nSPS) is 11.1. The van der Waals surface area contributed by atoms with Gasteiger partial charge in [-0.15, -0.1) is 0 Å². The molecule has 116 valence electrons. The van der Waals surface area contributed by atoms with Gasteiger partial charge in [0.25, 0.3) is 0 Å². The first kappa shape index (κ1) is 16.1. The molecular weight excluding hydrogens is 317 g/mol. The third kappa shape index (κ3) is 3.67. The van der Waals surface area contributed by atoms with Gasteiger partial charge in [0, 0.05) is 5.56 Å². The van der Waals surface area contributed by atoms with Crippen molar-refractivity contribution in [1.29, 1.82) is 0 Å². The molecular formula is C15H11F3O3S. The van der Waals surface area contributed by atoms with Crippen LogP contribution in [0.4, 0.5) is 13.2 Å². The minimum absolute atomic E-state index is 0.270. The topological polar surface area (TPSA) is 43.4 Å². The lowest BCUT2D eigenvalue weighted by molar-refractivity contribution is 0.381. The zero-order chi connectivity index (χ0) is 16.3. The lowest BCUT2D eigenvalue weighted by atomic mass is 10.2. The predicted molar refractivity (Wildman–Crippen MR) is 75.0 cm³/mol. The van der Waals surface area contributed by atoms with Crippen molar-refractivity contribution in [2.24, 2.45) is 0 Å². The molecule has 2 rings (SSSR count). The SMILES string of the molecule is Cc1ccc(S(=O)(=O)OC(=C(F)F)c2cccc(F)c2)cc1. The Morgan fingerprint density at radius 2 is 1.68 bits per heavy atom. The molecule has 0 spiro atoms. The highest BCUT2D eigenvalue weighted by atomic mass is 32.2. The zero-order valence-corrected chi connectivity index (χ0v) is 12.2. The van der Waals surface area contributed by atoms with Gasteiger partial charge in [0.05, 0.1) is 0 Å². The van der Waals surface area contributed by atoms with Crippen LogP contribution >= 0.6 is 0 Å². The van der Waals surface area contributed by atoms with Crippen LogP contribution in [0.5, 0.6) is 0 Å². The summed E-state index contributed by atoms with van der Waals surface area (Å²) in [6, 6.07) is 9.61. The number of rotatable bonds is 4. The van der Waals surface area contributed by atoms with Crippen molar-refractivity contribution >= 4 is 15.9 Å². The van der Waals surface area contributed by atoms with Crippen LogP contribution in [0.3, 0.4) is 0 Å². The van der Waals surface area contributed by atoms with E-state index in [2.05, 4.69) is 4.18 Å². The molecule has 2 aromatic carbocycles. The Labute approximate surface area is 125 Å². The summed E-state index contributed by atoms with van der Waals surface area (Å²) < 4.78 is 67.7. The molecule has 0 aliphatic heterocycles. The van der Waals surface area contributed by atoms with E-state index < -0.39 is 27.8 Å². The minimum atomic E-state index is -4.44. The summed E-state index contributed by atoms with van der Waals surface area (Å²) in [7, 11) is -4.44. The third-order valence-electron chi connectivity index (χ3n) is 2.76. The third-order valence-corrected chi connectivity index (χ3v) is 4.00. The first-order valence-corrected chi connectivity index (χ1v) is 7.53. The molecule has 0 amide bonds. The van der Waals surface area contributed by atoms with Gasteiger partial charge in [-0.25, -0.2) is 4.39 Å². The lowest BCUT2D eigenvalue weighted by Gasteiger charge is -2.10. The van der Waals surface area contributed by atoms with E-state index in [1.165, 1.54) is 30.3 Å². The van der Waals surface area contributed by atoms with Gasteiger partial charge in [-0.2, -0.15) is 17.2 Å². The second kappa shape index (κ2) is 6.23. The molecule has 0 saturated carbocycles. The molecule has 0 heterocycles. The van der Waals surface area contributed by atoms with E-state index in [1.54, 1.807) is 6.92 Å². The molecule has 0 unspecified atom stereocenters. The second-order valence-electron chi connectivity index (χ2n) is 4.45. The standard InChI is InChI=1S/C15H11F3O3S/c1-10-5-7-13(8-6-10)22(19,20)21-14(15(17)18)11-3-2-4-12(16)9-11/h2-9H,1H3. The van der Waals surface area contributed by atoms with E-state index in [4.69, 9.17) is 0 Å². The fraction of sp³-hybridized carbons (Fsp3) is 0.0667. The van der Waals surface area contributed by atoms with Crippen LogP contribution in [0.2, 0.25) is 0 Å². The van der Waals surface area contributed by atoms with Crippen LogP contribution in [0.25, 0.3) is 5.76 Å². The van der Waals surface area contributed by atoms with Gasteiger partial charge in [0.2, 0.25) is 5.76 Å². The van der Waals surface area contributed by atoms with E-state index in [0.29, 0.717) is 0 Å². The maximum Gasteiger partial charge on any atom is 0.339 e. The summed E-state index contributed by atoms with van der Waals surface area (Å²) in [6.07, 6.45) is -2.36. The van der Waals surface area contributed by atoms with Crippen LogP contribution in [-0.4, -0.2) is 8.42 Å². The van der Waals surface area contributed by atoms with Crippen LogP contribution in [0.1, 0.15) is 11.1 Å². The molecule has 0 aliphatic carbocycles. The van der Waals surface area contributed by atoms with Crippen molar-refractivity contribution in [2.45, 2.75) is 11.8 Å². The molecule has 2 aromatic rings. The fourth-order valence-corrected chi connectivity index (χ4v) is 2.63. The Morgan fingerprint density at radius 1 is 1.05 bits per heavy atom. The molecule has 3 nitrogen and oxygen atoms in total. The Hall–Kier alpha value is -2.28. The largest absolute Gasteiger partial charge is 0.373 e. The van der Waals surface area contributed by atoms with Crippen molar-refractivity contribution in [3.63, 3.8) is 0 Å². The van der Waals surface area contributed by atoms with E-state index in [-0.39, 0.29) is 10.5 Å².